The number of benzene rings is 2. The highest BCUT2D eigenvalue weighted by Gasteiger charge is 2.22. The third-order valence-electron chi connectivity index (χ3n) is 6.14. The van der Waals surface area contributed by atoms with E-state index in [4.69, 9.17) is 9.73 Å². The lowest BCUT2D eigenvalue weighted by atomic mass is 9.93. The number of nitrogens with zero attached hydrogens (tertiary/aromatic N) is 2. The summed E-state index contributed by atoms with van der Waals surface area (Å²) < 4.78 is 18.9. The van der Waals surface area contributed by atoms with Crippen molar-refractivity contribution in [2.45, 2.75) is 44.7 Å². The molecule has 2 aliphatic rings. The molecule has 0 spiro atoms. The Labute approximate surface area is 207 Å². The van der Waals surface area contributed by atoms with Gasteiger partial charge in [0.1, 0.15) is 11.6 Å². The van der Waals surface area contributed by atoms with Crippen molar-refractivity contribution in [3.8, 4) is 5.75 Å². The summed E-state index contributed by atoms with van der Waals surface area (Å²) >= 11 is 0. The molecule has 5 nitrogen and oxygen atoms in total. The number of nitrogens with one attached hydrogen (secondary N) is 2. The zero-order chi connectivity index (χ0) is 21.5. The number of para-hydroxylation sites is 1. The summed E-state index contributed by atoms with van der Waals surface area (Å²) in [6.45, 7) is 7.41. The Morgan fingerprint density at radius 1 is 1.09 bits per heavy atom. The van der Waals surface area contributed by atoms with E-state index in [0.717, 1.165) is 70.3 Å². The van der Waals surface area contributed by atoms with Crippen molar-refractivity contribution in [3.63, 3.8) is 0 Å². The van der Waals surface area contributed by atoms with Crippen LogP contribution in [0.15, 0.2) is 53.5 Å². The van der Waals surface area contributed by atoms with Gasteiger partial charge in [-0.05, 0) is 55.5 Å². The van der Waals surface area contributed by atoms with Crippen molar-refractivity contribution in [2.75, 3.05) is 32.8 Å². The van der Waals surface area contributed by atoms with Crippen molar-refractivity contribution < 1.29 is 9.13 Å². The molecule has 4 rings (SSSR count). The number of piperidine rings is 1. The van der Waals surface area contributed by atoms with Crippen LogP contribution in [-0.4, -0.2) is 49.7 Å². The third-order valence-corrected chi connectivity index (χ3v) is 6.14. The fraction of sp³-hybridized carbons (Fsp3) is 0.480. The molecule has 0 saturated carbocycles. The van der Waals surface area contributed by atoms with E-state index < -0.39 is 0 Å². The van der Waals surface area contributed by atoms with Crippen LogP contribution in [0.4, 0.5) is 4.39 Å². The molecule has 2 N–H and O–H groups in total. The van der Waals surface area contributed by atoms with Gasteiger partial charge in [-0.3, -0.25) is 9.89 Å². The predicted molar refractivity (Wildman–Crippen MR) is 139 cm³/mol. The summed E-state index contributed by atoms with van der Waals surface area (Å²) in [5, 5.41) is 7.05. The van der Waals surface area contributed by atoms with Gasteiger partial charge in [0.25, 0.3) is 0 Å². The topological polar surface area (TPSA) is 48.9 Å². The third kappa shape index (κ3) is 6.81. The second kappa shape index (κ2) is 12.4. The van der Waals surface area contributed by atoms with Crippen LogP contribution in [-0.2, 0) is 6.54 Å². The van der Waals surface area contributed by atoms with E-state index in [0.29, 0.717) is 12.0 Å². The highest BCUT2D eigenvalue weighted by atomic mass is 127. The SMILES string of the molecule is CCNC(=NCC1CCOc2ccccc21)NC1CCN(Cc2ccc(F)cc2)CC1.I. The lowest BCUT2D eigenvalue weighted by molar-refractivity contribution is 0.198. The van der Waals surface area contributed by atoms with Crippen LogP contribution in [0, 0.1) is 5.82 Å². The second-order valence-corrected chi connectivity index (χ2v) is 8.41. The Balaban J connectivity index is 0.00000289. The number of aliphatic imine (C=N–C) groups is 1. The smallest absolute Gasteiger partial charge is 0.191 e. The van der Waals surface area contributed by atoms with Gasteiger partial charge in [0.05, 0.1) is 6.61 Å². The number of ether oxygens (including phenoxy) is 1. The molecule has 0 amide bonds. The molecular formula is C25H34FIN4O. The molecule has 2 heterocycles. The first-order chi connectivity index (χ1) is 15.2. The Morgan fingerprint density at radius 2 is 1.84 bits per heavy atom. The Bertz CT molecular complexity index is 869. The minimum atomic E-state index is -0.175. The Kier molecular flexibility index (Phi) is 9.59. The molecule has 0 aromatic heterocycles. The molecule has 1 saturated heterocycles. The average molecular weight is 552 g/mol. The summed E-state index contributed by atoms with van der Waals surface area (Å²) in [4.78, 5) is 7.35. The van der Waals surface area contributed by atoms with Gasteiger partial charge in [0.2, 0.25) is 0 Å². The van der Waals surface area contributed by atoms with Gasteiger partial charge in [-0.25, -0.2) is 4.39 Å². The van der Waals surface area contributed by atoms with Gasteiger partial charge in [-0.1, -0.05) is 30.3 Å². The monoisotopic (exact) mass is 552 g/mol. The minimum Gasteiger partial charge on any atom is -0.493 e. The van der Waals surface area contributed by atoms with Crippen LogP contribution in [0.5, 0.6) is 5.75 Å². The number of rotatable bonds is 6. The van der Waals surface area contributed by atoms with Crippen LogP contribution >= 0.6 is 24.0 Å². The molecule has 0 bridgehead atoms. The average Bonchev–Trinajstić information content (AvgIpc) is 2.80. The normalized spacial score (nSPS) is 19.4. The van der Waals surface area contributed by atoms with Gasteiger partial charge in [0, 0.05) is 44.7 Å². The highest BCUT2D eigenvalue weighted by Crippen LogP contribution is 2.33. The van der Waals surface area contributed by atoms with Crippen molar-refractivity contribution in [1.82, 2.24) is 15.5 Å². The van der Waals surface area contributed by atoms with Crippen molar-refractivity contribution >= 4 is 29.9 Å². The maximum atomic E-state index is 13.1. The standard InChI is InChI=1S/C25H33FN4O.HI/c1-2-27-25(28-17-20-13-16-31-24-6-4-3-5-23(20)24)29-22-11-14-30(15-12-22)18-19-7-9-21(26)10-8-19;/h3-10,20,22H,2,11-18H2,1H3,(H2,27,28,29);1H. The Morgan fingerprint density at radius 3 is 2.59 bits per heavy atom. The molecular weight excluding hydrogens is 518 g/mol. The summed E-state index contributed by atoms with van der Waals surface area (Å²) in [5.41, 5.74) is 2.43. The largest absolute Gasteiger partial charge is 0.493 e. The molecule has 0 radical (unpaired) electrons. The van der Waals surface area contributed by atoms with E-state index in [1.165, 1.54) is 11.1 Å². The Hall–Kier alpha value is -1.87. The molecule has 7 heteroatoms. The number of likely N-dealkylation sites (tertiary alicyclic amines) is 1. The van der Waals surface area contributed by atoms with E-state index >= 15 is 0 Å². The van der Waals surface area contributed by atoms with Gasteiger partial charge >= 0.3 is 0 Å². The van der Waals surface area contributed by atoms with E-state index in [1.807, 2.05) is 24.3 Å². The fourth-order valence-corrected chi connectivity index (χ4v) is 4.40. The van der Waals surface area contributed by atoms with E-state index in [1.54, 1.807) is 12.1 Å². The first-order valence-electron chi connectivity index (χ1n) is 11.4. The first-order valence-corrected chi connectivity index (χ1v) is 11.4. The van der Waals surface area contributed by atoms with E-state index in [-0.39, 0.29) is 29.8 Å². The van der Waals surface area contributed by atoms with Crippen LogP contribution < -0.4 is 15.4 Å². The van der Waals surface area contributed by atoms with Gasteiger partial charge in [-0.2, -0.15) is 0 Å². The van der Waals surface area contributed by atoms with Crippen LogP contribution in [0.1, 0.15) is 43.2 Å². The summed E-state index contributed by atoms with van der Waals surface area (Å²) in [6.07, 6.45) is 3.15. The van der Waals surface area contributed by atoms with Crippen LogP contribution in [0.2, 0.25) is 0 Å². The molecule has 32 heavy (non-hydrogen) atoms. The van der Waals surface area contributed by atoms with E-state index in [2.05, 4.69) is 34.6 Å². The number of fused-ring (bicyclic) bond motifs is 1. The summed E-state index contributed by atoms with van der Waals surface area (Å²) in [5.74, 6) is 2.13. The lowest BCUT2D eigenvalue weighted by Crippen LogP contribution is -2.48. The molecule has 2 aliphatic heterocycles. The molecule has 0 aliphatic carbocycles. The molecule has 2 aromatic rings. The van der Waals surface area contributed by atoms with Gasteiger partial charge < -0.3 is 15.4 Å². The number of hydrogen-bond acceptors (Lipinski definition) is 3. The van der Waals surface area contributed by atoms with E-state index in [9.17, 15) is 4.39 Å². The lowest BCUT2D eigenvalue weighted by Gasteiger charge is -2.33. The number of halogens is 2. The molecule has 1 atom stereocenters. The highest BCUT2D eigenvalue weighted by molar-refractivity contribution is 14.0. The minimum absolute atomic E-state index is 0. The molecule has 1 fully saturated rings. The fourth-order valence-electron chi connectivity index (χ4n) is 4.40. The number of guanidine groups is 1. The van der Waals surface area contributed by atoms with Crippen molar-refractivity contribution in [1.29, 1.82) is 0 Å². The predicted octanol–water partition coefficient (Wildman–Crippen LogP) is 4.53. The zero-order valence-electron chi connectivity index (χ0n) is 18.7. The maximum Gasteiger partial charge on any atom is 0.191 e. The quantitative estimate of drug-likeness (QED) is 0.314. The van der Waals surface area contributed by atoms with Gasteiger partial charge in [-0.15, -0.1) is 24.0 Å². The molecule has 174 valence electrons. The summed E-state index contributed by atoms with van der Waals surface area (Å²) in [7, 11) is 0. The molecule has 1 unspecified atom stereocenters. The van der Waals surface area contributed by atoms with Crippen molar-refractivity contribution in [2.24, 2.45) is 4.99 Å². The first kappa shape index (κ1) is 24.8. The second-order valence-electron chi connectivity index (χ2n) is 8.41. The maximum absolute atomic E-state index is 13.1. The summed E-state index contributed by atoms with van der Waals surface area (Å²) in [6, 6.07) is 15.6. The molecule has 2 aromatic carbocycles. The van der Waals surface area contributed by atoms with Crippen molar-refractivity contribution in [3.05, 3.63) is 65.5 Å². The van der Waals surface area contributed by atoms with Crippen LogP contribution in [0.3, 0.4) is 0 Å². The number of hydrogen-bond donors (Lipinski definition) is 2. The zero-order valence-corrected chi connectivity index (χ0v) is 21.1. The van der Waals surface area contributed by atoms with Gasteiger partial charge in [0.15, 0.2) is 5.96 Å². The van der Waals surface area contributed by atoms with Crippen LogP contribution in [0.25, 0.3) is 0 Å².